The molecule has 9 nitrogen and oxygen atoms in total. The summed E-state index contributed by atoms with van der Waals surface area (Å²) in [5.41, 5.74) is 0.699. The summed E-state index contributed by atoms with van der Waals surface area (Å²) in [6.07, 6.45) is -7.69. The van der Waals surface area contributed by atoms with Gasteiger partial charge in [0.05, 0.1) is 16.7 Å². The molecule has 0 unspecified atom stereocenters. The van der Waals surface area contributed by atoms with Crippen molar-refractivity contribution in [3.05, 3.63) is 108 Å². The smallest absolute Gasteiger partial charge is 0.338 e. The Morgan fingerprint density at radius 2 is 0.949 bits per heavy atom. The zero-order chi connectivity index (χ0) is 27.6. The molecule has 0 bridgehead atoms. The molecule has 202 valence electrons. The molecule has 39 heavy (non-hydrogen) atoms. The quantitative estimate of drug-likeness (QED) is 0.376. The van der Waals surface area contributed by atoms with Crippen LogP contribution >= 0.6 is 0 Å². The third kappa shape index (κ3) is 5.70. The van der Waals surface area contributed by atoms with Gasteiger partial charge >= 0.3 is 17.9 Å². The molecule has 9 heteroatoms. The molecule has 1 N–H and O–H groups in total. The van der Waals surface area contributed by atoms with E-state index < -0.39 is 60.3 Å². The molecular weight excluding hydrogens is 504 g/mol. The van der Waals surface area contributed by atoms with E-state index in [4.69, 9.17) is 23.7 Å². The SMILES string of the molecule is CC1(C)O[C@H]2[C@@H](OC(=O)c3ccccc3)[C@@H](OC(=O)c3ccccc3)[C@@H](OC(=O)c3ccccc3)[C@@H](O)[C@@H]2O1. The minimum absolute atomic E-state index is 0.222. The van der Waals surface area contributed by atoms with E-state index in [0.717, 1.165) is 0 Å². The summed E-state index contributed by atoms with van der Waals surface area (Å²) < 4.78 is 29.4. The minimum Gasteiger partial charge on any atom is -0.452 e. The minimum atomic E-state index is -1.47. The molecule has 0 spiro atoms. The molecule has 2 aliphatic rings. The molecule has 1 saturated heterocycles. The number of carbonyl (C=O) groups is 3. The van der Waals surface area contributed by atoms with Crippen LogP contribution in [0.25, 0.3) is 0 Å². The van der Waals surface area contributed by atoms with Gasteiger partial charge < -0.3 is 28.8 Å². The second-order valence-corrected chi connectivity index (χ2v) is 9.76. The summed E-state index contributed by atoms with van der Waals surface area (Å²) in [4.78, 5) is 39.4. The number of carbonyl (C=O) groups excluding carboxylic acids is 3. The first-order valence-electron chi connectivity index (χ1n) is 12.6. The summed E-state index contributed by atoms with van der Waals surface area (Å²) in [7, 11) is 0. The van der Waals surface area contributed by atoms with E-state index in [1.807, 2.05) is 0 Å². The van der Waals surface area contributed by atoms with Gasteiger partial charge in [-0.2, -0.15) is 0 Å². The Hall–Kier alpha value is -4.05. The molecule has 0 radical (unpaired) electrons. The molecule has 0 amide bonds. The van der Waals surface area contributed by atoms with E-state index in [1.54, 1.807) is 105 Å². The van der Waals surface area contributed by atoms with Gasteiger partial charge in [0.15, 0.2) is 24.1 Å². The van der Waals surface area contributed by atoms with Crippen molar-refractivity contribution < 1.29 is 43.2 Å². The molecule has 5 rings (SSSR count). The second-order valence-electron chi connectivity index (χ2n) is 9.76. The largest absolute Gasteiger partial charge is 0.452 e. The van der Waals surface area contributed by atoms with Gasteiger partial charge in [0.25, 0.3) is 0 Å². The lowest BCUT2D eigenvalue weighted by Crippen LogP contribution is -2.65. The van der Waals surface area contributed by atoms with Gasteiger partial charge in [-0.05, 0) is 50.2 Å². The van der Waals surface area contributed by atoms with Crippen LogP contribution in [0.4, 0.5) is 0 Å². The Morgan fingerprint density at radius 3 is 1.38 bits per heavy atom. The fraction of sp³-hybridized carbons (Fsp3) is 0.300. The number of aliphatic hydroxyl groups is 1. The molecule has 1 heterocycles. The van der Waals surface area contributed by atoms with E-state index in [2.05, 4.69) is 0 Å². The molecule has 6 atom stereocenters. The van der Waals surface area contributed by atoms with Crippen molar-refractivity contribution in [1.82, 2.24) is 0 Å². The van der Waals surface area contributed by atoms with Crippen molar-refractivity contribution in [3.8, 4) is 0 Å². The number of fused-ring (bicyclic) bond motifs is 1. The normalized spacial score (nSPS) is 27.2. The Kier molecular flexibility index (Phi) is 7.47. The van der Waals surface area contributed by atoms with E-state index >= 15 is 0 Å². The lowest BCUT2D eigenvalue weighted by molar-refractivity contribution is -0.194. The topological polar surface area (TPSA) is 118 Å². The molecule has 1 saturated carbocycles. The Morgan fingerprint density at radius 1 is 0.590 bits per heavy atom. The van der Waals surface area contributed by atoms with Gasteiger partial charge in [0.2, 0.25) is 0 Å². The molecule has 3 aromatic carbocycles. The van der Waals surface area contributed by atoms with Crippen LogP contribution in [-0.2, 0) is 23.7 Å². The van der Waals surface area contributed by atoms with Gasteiger partial charge in [0, 0.05) is 0 Å². The summed E-state index contributed by atoms with van der Waals surface area (Å²) in [5, 5.41) is 11.4. The van der Waals surface area contributed by atoms with Crippen molar-refractivity contribution >= 4 is 17.9 Å². The number of hydrogen-bond acceptors (Lipinski definition) is 9. The number of aliphatic hydroxyl groups excluding tert-OH is 1. The predicted molar refractivity (Wildman–Crippen MR) is 137 cm³/mol. The standard InChI is InChI=1S/C30H28O9/c1-30(2)38-23-21(31)22(35-27(32)18-12-6-3-7-13-18)24(36-28(33)19-14-8-4-9-15-19)25(26(23)39-30)37-29(34)20-16-10-5-11-17-20/h3-17,21-26,31H,1-2H3/t21-,22+,23+,24+,25+,26-/m1/s1. The van der Waals surface area contributed by atoms with E-state index in [-0.39, 0.29) is 16.7 Å². The number of ether oxygens (including phenoxy) is 5. The predicted octanol–water partition coefficient (Wildman–Crippen LogP) is 3.56. The van der Waals surface area contributed by atoms with Crippen molar-refractivity contribution in [1.29, 1.82) is 0 Å². The van der Waals surface area contributed by atoms with Crippen molar-refractivity contribution in [2.75, 3.05) is 0 Å². The van der Waals surface area contributed by atoms with E-state index in [1.165, 1.54) is 0 Å². The van der Waals surface area contributed by atoms with Crippen molar-refractivity contribution in [2.45, 2.75) is 56.3 Å². The van der Waals surface area contributed by atoms with E-state index in [9.17, 15) is 19.5 Å². The average molecular weight is 533 g/mol. The fourth-order valence-electron chi connectivity index (χ4n) is 4.79. The summed E-state index contributed by atoms with van der Waals surface area (Å²) in [5.74, 6) is -3.39. The monoisotopic (exact) mass is 532 g/mol. The van der Waals surface area contributed by atoms with E-state index in [0.29, 0.717) is 0 Å². The van der Waals surface area contributed by atoms with Crippen LogP contribution in [0, 0.1) is 0 Å². The van der Waals surface area contributed by atoms with Gasteiger partial charge in [-0.15, -0.1) is 0 Å². The van der Waals surface area contributed by atoms with Crippen LogP contribution in [0.15, 0.2) is 91.0 Å². The highest BCUT2D eigenvalue weighted by molar-refractivity contribution is 5.91. The summed E-state index contributed by atoms with van der Waals surface area (Å²) >= 11 is 0. The lowest BCUT2D eigenvalue weighted by atomic mass is 9.84. The molecule has 2 fully saturated rings. The number of esters is 3. The number of hydrogen-bond donors (Lipinski definition) is 1. The van der Waals surface area contributed by atoms with Gasteiger partial charge in [0.1, 0.15) is 18.3 Å². The van der Waals surface area contributed by atoms with Gasteiger partial charge in [-0.25, -0.2) is 14.4 Å². The summed E-state index contributed by atoms with van der Waals surface area (Å²) in [6.45, 7) is 3.29. The molecule has 3 aromatic rings. The second kappa shape index (κ2) is 11.0. The number of rotatable bonds is 6. The number of benzene rings is 3. The Labute approximate surface area is 225 Å². The van der Waals surface area contributed by atoms with Crippen LogP contribution in [0.2, 0.25) is 0 Å². The highest BCUT2D eigenvalue weighted by atomic mass is 16.8. The van der Waals surface area contributed by atoms with Gasteiger partial charge in [-0.1, -0.05) is 54.6 Å². The zero-order valence-corrected chi connectivity index (χ0v) is 21.3. The zero-order valence-electron chi connectivity index (χ0n) is 21.3. The molecule has 1 aliphatic heterocycles. The van der Waals surface area contributed by atoms with Gasteiger partial charge in [-0.3, -0.25) is 0 Å². The van der Waals surface area contributed by atoms with Crippen molar-refractivity contribution in [3.63, 3.8) is 0 Å². The van der Waals surface area contributed by atoms with Crippen LogP contribution in [0.1, 0.15) is 44.9 Å². The Bertz CT molecular complexity index is 1310. The maximum absolute atomic E-state index is 13.2. The lowest BCUT2D eigenvalue weighted by Gasteiger charge is -2.43. The first kappa shape index (κ1) is 26.6. The highest BCUT2D eigenvalue weighted by Crippen LogP contribution is 2.41. The maximum Gasteiger partial charge on any atom is 0.338 e. The molecule has 1 aliphatic carbocycles. The Balaban J connectivity index is 1.53. The first-order valence-corrected chi connectivity index (χ1v) is 12.6. The van der Waals surface area contributed by atoms with Crippen LogP contribution in [-0.4, -0.2) is 65.4 Å². The third-order valence-corrected chi connectivity index (χ3v) is 6.57. The third-order valence-electron chi connectivity index (χ3n) is 6.57. The average Bonchev–Trinajstić information content (AvgIpc) is 3.29. The highest BCUT2D eigenvalue weighted by Gasteiger charge is 2.62. The van der Waals surface area contributed by atoms with Crippen LogP contribution in [0.5, 0.6) is 0 Å². The molecular formula is C30H28O9. The van der Waals surface area contributed by atoms with Crippen LogP contribution in [0.3, 0.4) is 0 Å². The fourth-order valence-corrected chi connectivity index (χ4v) is 4.79. The van der Waals surface area contributed by atoms with Crippen LogP contribution < -0.4 is 0 Å². The molecule has 0 aromatic heterocycles. The first-order chi connectivity index (χ1) is 18.7. The summed E-state index contributed by atoms with van der Waals surface area (Å²) in [6, 6.07) is 24.6. The van der Waals surface area contributed by atoms with Crippen molar-refractivity contribution in [2.24, 2.45) is 0 Å². The maximum atomic E-state index is 13.2.